The van der Waals surface area contributed by atoms with Gasteiger partial charge in [-0.05, 0) is 27.2 Å². The van der Waals surface area contributed by atoms with Crippen molar-refractivity contribution in [1.29, 1.82) is 0 Å². The van der Waals surface area contributed by atoms with Crippen LogP contribution in [0.15, 0.2) is 12.4 Å². The molecule has 0 saturated heterocycles. The van der Waals surface area contributed by atoms with Crippen LogP contribution in [0.1, 0.15) is 39.8 Å². The van der Waals surface area contributed by atoms with Gasteiger partial charge < -0.3 is 14.0 Å². The van der Waals surface area contributed by atoms with E-state index in [1.54, 1.807) is 20.8 Å². The molecule has 0 spiro atoms. The van der Waals surface area contributed by atoms with Crippen LogP contribution in [0.4, 0.5) is 30.7 Å². The molecule has 15 heteroatoms. The molecule has 0 aliphatic heterocycles. The van der Waals surface area contributed by atoms with E-state index in [1.807, 2.05) is 6.92 Å². The Balaban J connectivity index is 2.58. The second-order valence-corrected chi connectivity index (χ2v) is 7.31. The average molecular weight is 474 g/mol. The van der Waals surface area contributed by atoms with E-state index in [0.717, 1.165) is 11.7 Å². The summed E-state index contributed by atoms with van der Waals surface area (Å²) in [5, 5.41) is 6.98. The first-order valence-electron chi connectivity index (χ1n) is 9.45. The molecule has 32 heavy (non-hydrogen) atoms. The lowest BCUT2D eigenvalue weighted by molar-refractivity contribution is -0.291. The van der Waals surface area contributed by atoms with Gasteiger partial charge in [0.2, 0.25) is 0 Å². The lowest BCUT2D eigenvalue weighted by Gasteiger charge is -2.27. The summed E-state index contributed by atoms with van der Waals surface area (Å²) in [5.41, 5.74) is -2.37. The van der Waals surface area contributed by atoms with E-state index in [4.69, 9.17) is 9.31 Å². The fourth-order valence-electron chi connectivity index (χ4n) is 2.58. The third-order valence-corrected chi connectivity index (χ3v) is 4.52. The molecule has 0 bridgehead atoms. The second kappa shape index (κ2) is 9.29. The van der Waals surface area contributed by atoms with E-state index in [0.29, 0.717) is 11.1 Å². The molecule has 2 rings (SSSR count). The van der Waals surface area contributed by atoms with Crippen molar-refractivity contribution in [3.8, 4) is 11.6 Å². The van der Waals surface area contributed by atoms with Crippen LogP contribution in [0.3, 0.4) is 0 Å². The zero-order chi connectivity index (χ0) is 24.5. The summed E-state index contributed by atoms with van der Waals surface area (Å²) < 4.78 is 109. The second-order valence-electron chi connectivity index (χ2n) is 7.31. The first kappa shape index (κ1) is 26.0. The molecule has 0 unspecified atom stereocenters. The van der Waals surface area contributed by atoms with Gasteiger partial charge in [0.1, 0.15) is 0 Å². The lowest BCUT2D eigenvalue weighted by atomic mass is 9.79. The Morgan fingerprint density at radius 1 is 1.12 bits per heavy atom. The Bertz CT molecular complexity index is 915. The highest BCUT2D eigenvalue weighted by molar-refractivity contribution is 6.61. The van der Waals surface area contributed by atoms with E-state index >= 15 is 0 Å². The Hall–Kier alpha value is -2.29. The van der Waals surface area contributed by atoms with Crippen LogP contribution in [-0.4, -0.2) is 51.7 Å². The molecule has 0 saturated carbocycles. The molecule has 0 atom stereocenters. The van der Waals surface area contributed by atoms with Crippen molar-refractivity contribution in [1.82, 2.24) is 19.6 Å². The smallest absolute Gasteiger partial charge is 0.428 e. The van der Waals surface area contributed by atoms with Crippen LogP contribution in [0.2, 0.25) is 0 Å². The topological polar surface area (TPSA) is 63.3 Å². The Morgan fingerprint density at radius 2 is 1.75 bits per heavy atom. The summed E-state index contributed by atoms with van der Waals surface area (Å²) in [6.07, 6.45) is -3.10. The maximum absolute atomic E-state index is 13.9. The summed E-state index contributed by atoms with van der Waals surface area (Å²) in [4.78, 5) is 0. The quantitative estimate of drug-likeness (QED) is 0.388. The standard InChI is InChI=1S/C17H22BF7N4O3/c1-6-15(3,4)32-18(30-7-2)10-8-26-29(9-10)13-11(31-14(19)20)12(27-28(13)5)16(21,22)17(23,24)25/h8-9,14H,6-7H2,1-5H3. The van der Waals surface area contributed by atoms with E-state index < -0.39 is 48.7 Å². The molecule has 2 aromatic rings. The van der Waals surface area contributed by atoms with Crippen molar-refractivity contribution in [3.05, 3.63) is 18.1 Å². The van der Waals surface area contributed by atoms with E-state index in [9.17, 15) is 30.7 Å². The Kier molecular flexibility index (Phi) is 7.54. The van der Waals surface area contributed by atoms with Gasteiger partial charge in [-0.1, -0.05) is 6.92 Å². The van der Waals surface area contributed by atoms with Crippen molar-refractivity contribution in [2.45, 2.75) is 58.4 Å². The first-order valence-corrected chi connectivity index (χ1v) is 9.45. The largest absolute Gasteiger partial charge is 0.497 e. The number of rotatable bonds is 10. The van der Waals surface area contributed by atoms with Gasteiger partial charge in [0, 0.05) is 37.1 Å². The fourth-order valence-corrected chi connectivity index (χ4v) is 2.58. The van der Waals surface area contributed by atoms with Crippen molar-refractivity contribution in [2.24, 2.45) is 7.05 Å². The molecule has 0 radical (unpaired) electrons. The number of hydrogen-bond acceptors (Lipinski definition) is 5. The number of aryl methyl sites for hydroxylation is 1. The van der Waals surface area contributed by atoms with Crippen molar-refractivity contribution in [2.75, 3.05) is 6.61 Å². The third-order valence-electron chi connectivity index (χ3n) is 4.52. The van der Waals surface area contributed by atoms with Gasteiger partial charge >= 0.3 is 25.8 Å². The summed E-state index contributed by atoms with van der Waals surface area (Å²) in [6, 6.07) is 0. The molecule has 7 nitrogen and oxygen atoms in total. The van der Waals surface area contributed by atoms with E-state index in [1.165, 1.54) is 12.4 Å². The van der Waals surface area contributed by atoms with Crippen LogP contribution in [0, 0.1) is 0 Å². The van der Waals surface area contributed by atoms with Gasteiger partial charge in [0.25, 0.3) is 0 Å². The van der Waals surface area contributed by atoms with Crippen molar-refractivity contribution in [3.63, 3.8) is 0 Å². The van der Waals surface area contributed by atoms with Crippen LogP contribution >= 0.6 is 0 Å². The van der Waals surface area contributed by atoms with Gasteiger partial charge in [-0.2, -0.15) is 40.9 Å². The Labute approximate surface area is 179 Å². The molecule has 0 aromatic carbocycles. The van der Waals surface area contributed by atoms with Crippen LogP contribution in [0.25, 0.3) is 5.82 Å². The molecule has 0 aliphatic rings. The fraction of sp³-hybridized carbons (Fsp3) is 0.647. The SMILES string of the molecule is CCOB(OC(C)(C)CC)c1cnn(-c2c(OC(F)F)c(C(F)(F)C(F)(F)F)nn2C)c1. The lowest BCUT2D eigenvalue weighted by Crippen LogP contribution is -2.43. The van der Waals surface area contributed by atoms with Gasteiger partial charge in [0.15, 0.2) is 17.3 Å². The number of alkyl halides is 7. The average Bonchev–Trinajstić information content (AvgIpc) is 3.24. The monoisotopic (exact) mass is 474 g/mol. The van der Waals surface area contributed by atoms with Gasteiger partial charge in [0.05, 0.1) is 0 Å². The summed E-state index contributed by atoms with van der Waals surface area (Å²) in [7, 11) is 0.0225. The van der Waals surface area contributed by atoms with Crippen molar-refractivity contribution >= 4 is 12.6 Å². The zero-order valence-electron chi connectivity index (χ0n) is 17.9. The highest BCUT2D eigenvalue weighted by atomic mass is 19.4. The molecule has 0 N–H and O–H groups in total. The predicted molar refractivity (Wildman–Crippen MR) is 99.4 cm³/mol. The molecule has 0 fully saturated rings. The zero-order valence-corrected chi connectivity index (χ0v) is 17.9. The number of ether oxygens (including phenoxy) is 1. The molecular weight excluding hydrogens is 452 g/mol. The molecular formula is C17H22BF7N4O3. The van der Waals surface area contributed by atoms with Crippen LogP contribution in [0.5, 0.6) is 5.75 Å². The number of halogens is 7. The minimum atomic E-state index is -6.09. The van der Waals surface area contributed by atoms with E-state index in [2.05, 4.69) is 14.9 Å². The number of aromatic nitrogens is 4. The van der Waals surface area contributed by atoms with Gasteiger partial charge in [-0.15, -0.1) is 0 Å². The molecule has 0 amide bonds. The predicted octanol–water partition coefficient (Wildman–Crippen LogP) is 3.80. The Morgan fingerprint density at radius 3 is 2.25 bits per heavy atom. The summed E-state index contributed by atoms with van der Waals surface area (Å²) >= 11 is 0. The molecule has 2 heterocycles. The number of hydrogen-bond donors (Lipinski definition) is 0. The summed E-state index contributed by atoms with van der Waals surface area (Å²) in [5.74, 6) is -7.67. The van der Waals surface area contributed by atoms with Crippen LogP contribution < -0.4 is 10.2 Å². The highest BCUT2D eigenvalue weighted by Gasteiger charge is 2.62. The highest BCUT2D eigenvalue weighted by Crippen LogP contribution is 2.48. The first-order chi connectivity index (χ1) is 14.6. The van der Waals surface area contributed by atoms with E-state index in [-0.39, 0.29) is 12.1 Å². The maximum atomic E-state index is 13.9. The molecule has 2 aromatic heterocycles. The minimum Gasteiger partial charge on any atom is -0.428 e. The van der Waals surface area contributed by atoms with Gasteiger partial charge in [-0.3, -0.25) is 0 Å². The molecule has 0 aliphatic carbocycles. The van der Waals surface area contributed by atoms with Gasteiger partial charge in [-0.25, -0.2) is 9.36 Å². The molecule has 180 valence electrons. The maximum Gasteiger partial charge on any atom is 0.497 e. The number of nitrogens with zero attached hydrogens (tertiary/aromatic N) is 4. The van der Waals surface area contributed by atoms with Crippen molar-refractivity contribution < 1.29 is 44.8 Å². The van der Waals surface area contributed by atoms with Crippen LogP contribution in [-0.2, 0) is 22.3 Å². The third kappa shape index (κ3) is 5.37. The summed E-state index contributed by atoms with van der Waals surface area (Å²) in [6.45, 7) is 3.69. The normalized spacial score (nSPS) is 13.2. The minimum absolute atomic E-state index is 0.225.